The second kappa shape index (κ2) is 12.7. The number of rotatable bonds is 13. The molecule has 5 N–H and O–H groups in total. The van der Waals surface area contributed by atoms with Gasteiger partial charge in [0.1, 0.15) is 11.3 Å². The fourth-order valence-electron chi connectivity index (χ4n) is 4.37. The Hall–Kier alpha value is -3.37. The molecule has 0 saturated heterocycles. The van der Waals surface area contributed by atoms with E-state index in [2.05, 4.69) is 38.8 Å². The number of para-hydroxylation sites is 1. The number of nitrogens with zero attached hydrogens (tertiary/aromatic N) is 4. The molecule has 0 spiro atoms. The van der Waals surface area contributed by atoms with Gasteiger partial charge in [0, 0.05) is 17.4 Å². The van der Waals surface area contributed by atoms with E-state index >= 15 is 0 Å². The number of thiocarbonyl (C=S) groups is 1. The summed E-state index contributed by atoms with van der Waals surface area (Å²) < 4.78 is 23.7. The molecule has 0 aliphatic carbocycles. The van der Waals surface area contributed by atoms with Crippen LogP contribution in [-0.4, -0.2) is 54.3 Å². The van der Waals surface area contributed by atoms with Gasteiger partial charge in [-0.15, -0.1) is 0 Å². The lowest BCUT2D eigenvalue weighted by Gasteiger charge is -2.15. The number of fused-ring (bicyclic) bond motifs is 3. The summed E-state index contributed by atoms with van der Waals surface area (Å²) in [5.74, 6) is 0.407. The molecule has 206 valence electrons. The standard InChI is InChI=1S/C26H30N5O6PS/c1-2-3-7-22-30-23-24(31(22)15-18-5-4-6-21(25(18)32)37-38(33,34)35)19-14-17(8-9-20(19)29-26(23)27)10-12-36-13-11-28-16-39/h4-6,8-9,14,32H,2-3,7,10-13,15H2,1H3,(H2,27,29)(H2,33,34,35). The molecule has 2 aromatic heterocycles. The number of pyridine rings is 1. The number of ether oxygens (including phenoxy) is 1. The monoisotopic (exact) mass is 571 g/mol. The molecule has 0 radical (unpaired) electrons. The van der Waals surface area contributed by atoms with Crippen LogP contribution < -0.4 is 10.3 Å². The first-order valence-corrected chi connectivity index (χ1v) is 14.4. The molecule has 2 aromatic carbocycles. The van der Waals surface area contributed by atoms with Crippen molar-refractivity contribution >= 4 is 53.0 Å². The zero-order valence-corrected chi connectivity index (χ0v) is 23.1. The highest BCUT2D eigenvalue weighted by Gasteiger charge is 2.22. The Morgan fingerprint density at radius 3 is 2.74 bits per heavy atom. The predicted octanol–water partition coefficient (Wildman–Crippen LogP) is 4.40. The molecule has 4 aromatic rings. The van der Waals surface area contributed by atoms with Crippen LogP contribution in [0.3, 0.4) is 0 Å². The molecule has 0 aliphatic rings. The van der Waals surface area contributed by atoms with E-state index < -0.39 is 7.82 Å². The highest BCUT2D eigenvalue weighted by Crippen LogP contribution is 2.43. The minimum atomic E-state index is -4.86. The number of hydrogen-bond acceptors (Lipinski definition) is 9. The minimum Gasteiger partial charge on any atom is -0.504 e. The van der Waals surface area contributed by atoms with E-state index in [-0.39, 0.29) is 18.0 Å². The average Bonchev–Trinajstić information content (AvgIpc) is 3.25. The smallest absolute Gasteiger partial charge is 0.504 e. The van der Waals surface area contributed by atoms with Crippen molar-refractivity contribution in [1.82, 2.24) is 14.5 Å². The number of phosphoric ester groups is 1. The molecule has 0 aliphatic heterocycles. The summed E-state index contributed by atoms with van der Waals surface area (Å²) in [5.41, 5.74) is 9.81. The fourth-order valence-corrected chi connectivity index (χ4v) is 4.87. The fraction of sp³-hybridized carbons (Fsp3) is 0.346. The third kappa shape index (κ3) is 6.99. The van der Waals surface area contributed by atoms with E-state index in [1.165, 1.54) is 6.07 Å². The number of nitrogens with two attached hydrogens (primary N) is 1. The molecule has 0 saturated carbocycles. The molecule has 0 fully saturated rings. The number of benzene rings is 2. The highest BCUT2D eigenvalue weighted by molar-refractivity contribution is 7.78. The Balaban J connectivity index is 1.78. The minimum absolute atomic E-state index is 0.173. The quantitative estimate of drug-likeness (QED) is 0.0782. The number of unbranched alkanes of at least 4 members (excludes halogenated alkanes) is 1. The van der Waals surface area contributed by atoms with Crippen LogP contribution in [0.1, 0.15) is 36.7 Å². The number of aryl methyl sites for hydroxylation is 1. The molecule has 0 amide bonds. The number of anilines is 1. The van der Waals surface area contributed by atoms with Gasteiger partial charge in [0.15, 0.2) is 17.3 Å². The second-order valence-electron chi connectivity index (χ2n) is 8.94. The van der Waals surface area contributed by atoms with Gasteiger partial charge in [-0.2, -0.15) is 0 Å². The Bertz CT molecular complexity index is 1580. The maximum absolute atomic E-state index is 11.4. The average molecular weight is 572 g/mol. The number of aliphatic imine (C=N–C) groups is 1. The van der Waals surface area contributed by atoms with Crippen LogP contribution in [0.2, 0.25) is 0 Å². The zero-order valence-electron chi connectivity index (χ0n) is 21.4. The summed E-state index contributed by atoms with van der Waals surface area (Å²) in [6, 6.07) is 10.5. The Morgan fingerprint density at radius 2 is 2.00 bits per heavy atom. The van der Waals surface area contributed by atoms with Gasteiger partial charge in [0.05, 0.1) is 42.5 Å². The van der Waals surface area contributed by atoms with Gasteiger partial charge < -0.3 is 24.7 Å². The Morgan fingerprint density at radius 1 is 1.18 bits per heavy atom. The number of isothiocyanates is 1. The largest absolute Gasteiger partial charge is 0.524 e. The second-order valence-corrected chi connectivity index (χ2v) is 10.3. The van der Waals surface area contributed by atoms with Crippen molar-refractivity contribution in [2.45, 2.75) is 39.2 Å². The Kier molecular flexibility index (Phi) is 9.29. The molecule has 0 unspecified atom stereocenters. The number of aromatic hydroxyl groups is 1. The van der Waals surface area contributed by atoms with Crippen molar-refractivity contribution in [1.29, 1.82) is 0 Å². The van der Waals surface area contributed by atoms with Crippen molar-refractivity contribution in [3.63, 3.8) is 0 Å². The molecule has 11 nitrogen and oxygen atoms in total. The molecular weight excluding hydrogens is 541 g/mol. The summed E-state index contributed by atoms with van der Waals surface area (Å²) in [4.78, 5) is 31.7. The molecular formula is C26H30N5O6PS. The summed E-state index contributed by atoms with van der Waals surface area (Å²) in [6.07, 6.45) is 3.18. The molecule has 2 heterocycles. The van der Waals surface area contributed by atoms with Crippen LogP contribution in [0.15, 0.2) is 41.4 Å². The molecule has 0 atom stereocenters. The number of imidazole rings is 1. The van der Waals surface area contributed by atoms with Crippen LogP contribution in [-0.2, 0) is 28.7 Å². The van der Waals surface area contributed by atoms with Gasteiger partial charge in [-0.1, -0.05) is 31.5 Å². The van der Waals surface area contributed by atoms with Gasteiger partial charge >= 0.3 is 7.82 Å². The summed E-state index contributed by atoms with van der Waals surface area (Å²) >= 11 is 4.56. The summed E-state index contributed by atoms with van der Waals surface area (Å²) in [6.45, 7) is 3.69. The summed E-state index contributed by atoms with van der Waals surface area (Å²) in [7, 11) is -4.86. The number of phenolic OH excluding ortho intramolecular Hbond substituents is 1. The first kappa shape index (κ1) is 28.6. The number of aromatic nitrogens is 3. The van der Waals surface area contributed by atoms with Gasteiger partial charge in [0.25, 0.3) is 0 Å². The first-order chi connectivity index (χ1) is 18.7. The predicted molar refractivity (Wildman–Crippen MR) is 152 cm³/mol. The van der Waals surface area contributed by atoms with E-state index in [0.717, 1.165) is 35.1 Å². The lowest BCUT2D eigenvalue weighted by molar-refractivity contribution is 0.145. The van der Waals surface area contributed by atoms with Crippen molar-refractivity contribution in [3.8, 4) is 11.5 Å². The lowest BCUT2D eigenvalue weighted by atomic mass is 10.1. The van der Waals surface area contributed by atoms with Crippen molar-refractivity contribution in [2.75, 3.05) is 25.5 Å². The number of phosphoric acid groups is 1. The van der Waals surface area contributed by atoms with Crippen molar-refractivity contribution in [3.05, 3.63) is 53.3 Å². The lowest BCUT2D eigenvalue weighted by Crippen LogP contribution is -2.07. The van der Waals surface area contributed by atoms with E-state index in [4.69, 9.17) is 15.5 Å². The zero-order chi connectivity index (χ0) is 28.0. The van der Waals surface area contributed by atoms with E-state index in [0.29, 0.717) is 55.0 Å². The van der Waals surface area contributed by atoms with E-state index in [9.17, 15) is 19.5 Å². The van der Waals surface area contributed by atoms with Crippen molar-refractivity contribution in [2.24, 2.45) is 4.99 Å². The van der Waals surface area contributed by atoms with Gasteiger partial charge in [-0.25, -0.2) is 19.5 Å². The highest BCUT2D eigenvalue weighted by atomic mass is 32.1. The number of phenols is 1. The molecule has 4 rings (SSSR count). The maximum Gasteiger partial charge on any atom is 0.524 e. The first-order valence-electron chi connectivity index (χ1n) is 12.5. The summed E-state index contributed by atoms with van der Waals surface area (Å²) in [5, 5.41) is 14.0. The van der Waals surface area contributed by atoms with Gasteiger partial charge in [0.2, 0.25) is 0 Å². The number of nitrogen functional groups attached to an aromatic ring is 1. The van der Waals surface area contributed by atoms with Gasteiger partial charge in [-0.3, -0.25) is 9.79 Å². The van der Waals surface area contributed by atoms with Crippen molar-refractivity contribution < 1.29 is 28.7 Å². The number of hydrogen-bond donors (Lipinski definition) is 4. The van der Waals surface area contributed by atoms with Crippen LogP contribution in [0.5, 0.6) is 11.5 Å². The third-order valence-corrected chi connectivity index (χ3v) is 6.74. The third-order valence-electron chi connectivity index (χ3n) is 6.18. The van der Waals surface area contributed by atoms with Crippen LogP contribution >= 0.6 is 20.0 Å². The van der Waals surface area contributed by atoms with Gasteiger partial charge in [-0.05, 0) is 48.8 Å². The molecule has 39 heavy (non-hydrogen) atoms. The van der Waals surface area contributed by atoms with Crippen LogP contribution in [0.25, 0.3) is 21.9 Å². The van der Waals surface area contributed by atoms with E-state index in [1.807, 2.05) is 22.8 Å². The topological polar surface area (TPSA) is 165 Å². The molecule has 13 heteroatoms. The normalized spacial score (nSPS) is 11.7. The Labute approximate surface area is 230 Å². The maximum atomic E-state index is 11.4. The van der Waals surface area contributed by atoms with Crippen LogP contribution in [0, 0.1) is 0 Å². The van der Waals surface area contributed by atoms with E-state index in [1.54, 1.807) is 12.1 Å². The van der Waals surface area contributed by atoms with Crippen LogP contribution in [0.4, 0.5) is 5.82 Å². The molecule has 0 bridgehead atoms. The SMILES string of the molecule is CCCCc1nc2c(N)nc3ccc(CCOCCN=C=S)cc3c2n1Cc1cccc(OP(=O)(O)O)c1O.